The van der Waals surface area contributed by atoms with E-state index < -0.39 is 5.91 Å². The van der Waals surface area contributed by atoms with Crippen LogP contribution >= 0.6 is 23.1 Å². The molecule has 2 heterocycles. The highest BCUT2D eigenvalue weighted by molar-refractivity contribution is 8.00. The van der Waals surface area contributed by atoms with Gasteiger partial charge in [-0.15, -0.1) is 34.8 Å². The van der Waals surface area contributed by atoms with Gasteiger partial charge in [0.2, 0.25) is 5.91 Å². The van der Waals surface area contributed by atoms with Crippen LogP contribution in [-0.4, -0.2) is 26.8 Å². The Hall–Kier alpha value is -2.91. The number of benzene rings is 1. The maximum absolute atomic E-state index is 12.8. The van der Waals surface area contributed by atoms with E-state index in [1.54, 1.807) is 53.4 Å². The Bertz CT molecular complexity index is 949. The third-order valence-electron chi connectivity index (χ3n) is 3.60. The second-order valence-corrected chi connectivity index (χ2v) is 7.70. The van der Waals surface area contributed by atoms with E-state index in [1.165, 1.54) is 4.68 Å². The quantitative estimate of drug-likeness (QED) is 0.447. The lowest BCUT2D eigenvalue weighted by atomic mass is 10.2. The van der Waals surface area contributed by atoms with Gasteiger partial charge in [0.25, 0.3) is 5.91 Å². The number of allylic oxidation sites excluding steroid dienone is 1. The van der Waals surface area contributed by atoms with Crippen LogP contribution in [0.3, 0.4) is 0 Å². The zero-order chi connectivity index (χ0) is 19.2. The zero-order valence-electron chi connectivity index (χ0n) is 14.3. The third kappa shape index (κ3) is 4.63. The van der Waals surface area contributed by atoms with Gasteiger partial charge < -0.3 is 11.1 Å². The van der Waals surface area contributed by atoms with Gasteiger partial charge in [-0.25, -0.2) is 4.68 Å². The molecule has 0 unspecified atom stereocenters. The molecule has 3 N–H and O–H groups in total. The van der Waals surface area contributed by atoms with Gasteiger partial charge in [0.05, 0.1) is 10.8 Å². The zero-order valence-corrected chi connectivity index (χ0v) is 15.9. The first kappa shape index (κ1) is 18.9. The van der Waals surface area contributed by atoms with Crippen molar-refractivity contribution in [2.75, 3.05) is 5.32 Å². The molecule has 2 aromatic heterocycles. The number of nitrogens with two attached hydrogens (primary N) is 1. The van der Waals surface area contributed by atoms with E-state index in [4.69, 9.17) is 5.73 Å². The molecule has 0 spiro atoms. The molecule has 7 nitrogen and oxygen atoms in total. The highest BCUT2D eigenvalue weighted by atomic mass is 32.2. The number of primary amides is 1. The number of rotatable bonds is 8. The van der Waals surface area contributed by atoms with Gasteiger partial charge in [-0.3, -0.25) is 9.59 Å². The van der Waals surface area contributed by atoms with Gasteiger partial charge in [-0.05, 0) is 35.7 Å². The van der Waals surface area contributed by atoms with Crippen LogP contribution in [-0.2, 0) is 12.3 Å². The van der Waals surface area contributed by atoms with Crippen molar-refractivity contribution in [3.63, 3.8) is 0 Å². The summed E-state index contributed by atoms with van der Waals surface area (Å²) in [5.74, 6) is -0.314. The average molecular weight is 400 g/mol. The summed E-state index contributed by atoms with van der Waals surface area (Å²) in [5, 5.41) is 13.0. The molecule has 0 saturated carbocycles. The molecule has 0 radical (unpaired) electrons. The summed E-state index contributed by atoms with van der Waals surface area (Å²) in [6, 6.07) is 10.4. The van der Waals surface area contributed by atoms with E-state index in [0.717, 1.165) is 4.21 Å². The Morgan fingerprint density at radius 3 is 2.70 bits per heavy atom. The Morgan fingerprint density at radius 1 is 1.30 bits per heavy atom. The molecule has 27 heavy (non-hydrogen) atoms. The molecule has 0 aliphatic carbocycles. The lowest BCUT2D eigenvalue weighted by molar-refractivity contribution is 0.0997. The molecule has 1 aromatic carbocycles. The Labute approximate surface area is 164 Å². The second-order valence-electron chi connectivity index (χ2n) is 5.47. The van der Waals surface area contributed by atoms with E-state index >= 15 is 0 Å². The molecule has 0 fully saturated rings. The van der Waals surface area contributed by atoms with Gasteiger partial charge in [0, 0.05) is 17.0 Å². The number of thioether (sulfide) groups is 1. The summed E-state index contributed by atoms with van der Waals surface area (Å²) in [7, 11) is 0. The van der Waals surface area contributed by atoms with Crippen LogP contribution < -0.4 is 11.1 Å². The fraction of sp³-hybridized carbons (Fsp3) is 0.111. The molecule has 0 aliphatic heterocycles. The number of anilines is 1. The predicted octanol–water partition coefficient (Wildman–Crippen LogP) is 3.17. The van der Waals surface area contributed by atoms with Gasteiger partial charge >= 0.3 is 0 Å². The predicted molar refractivity (Wildman–Crippen MR) is 107 cm³/mol. The molecule has 2 amide bonds. The van der Waals surface area contributed by atoms with Crippen molar-refractivity contribution in [3.8, 4) is 0 Å². The van der Waals surface area contributed by atoms with Gasteiger partial charge in [-0.2, -0.15) is 0 Å². The number of carbonyl (C=O) groups is 2. The SMILES string of the molecule is C=CCn1nnc(CSc2cccs2)c1C(=O)Nc1ccc(C(N)=O)cc1. The monoisotopic (exact) mass is 399 g/mol. The van der Waals surface area contributed by atoms with E-state index in [9.17, 15) is 9.59 Å². The van der Waals surface area contributed by atoms with E-state index in [-0.39, 0.29) is 5.91 Å². The third-order valence-corrected chi connectivity index (χ3v) is 5.74. The van der Waals surface area contributed by atoms with Crippen molar-refractivity contribution in [2.24, 2.45) is 5.73 Å². The van der Waals surface area contributed by atoms with Crippen molar-refractivity contribution < 1.29 is 9.59 Å². The number of amides is 2. The van der Waals surface area contributed by atoms with Gasteiger partial charge in [0.15, 0.2) is 5.69 Å². The van der Waals surface area contributed by atoms with Crippen LogP contribution in [0, 0.1) is 0 Å². The second kappa shape index (κ2) is 8.65. The number of thiophene rings is 1. The number of hydrogen-bond donors (Lipinski definition) is 2. The Kier molecular flexibility index (Phi) is 6.05. The molecular weight excluding hydrogens is 382 g/mol. The van der Waals surface area contributed by atoms with E-state index in [1.807, 2.05) is 17.5 Å². The fourth-order valence-electron chi connectivity index (χ4n) is 2.34. The summed E-state index contributed by atoms with van der Waals surface area (Å²) < 4.78 is 2.66. The number of aromatic nitrogens is 3. The molecule has 0 bridgehead atoms. The Morgan fingerprint density at radius 2 is 2.07 bits per heavy atom. The standard InChI is InChI=1S/C18H17N5O2S2/c1-2-9-23-16(14(21-22-23)11-27-15-4-3-10-26-15)18(25)20-13-7-5-12(6-8-13)17(19)24/h2-8,10H,1,9,11H2,(H2,19,24)(H,20,25). The maximum atomic E-state index is 12.8. The van der Waals surface area contributed by atoms with E-state index in [2.05, 4.69) is 22.2 Å². The highest BCUT2D eigenvalue weighted by Crippen LogP contribution is 2.27. The van der Waals surface area contributed by atoms with E-state index in [0.29, 0.717) is 34.9 Å². The summed E-state index contributed by atoms with van der Waals surface area (Å²) in [6.45, 7) is 4.07. The lowest BCUT2D eigenvalue weighted by Crippen LogP contribution is -2.19. The molecule has 9 heteroatoms. The molecule has 3 rings (SSSR count). The van der Waals surface area contributed by atoms with Crippen LogP contribution in [0.15, 0.2) is 58.6 Å². The summed E-state index contributed by atoms with van der Waals surface area (Å²) in [4.78, 5) is 24.0. The summed E-state index contributed by atoms with van der Waals surface area (Å²) in [6.07, 6.45) is 1.66. The first-order valence-electron chi connectivity index (χ1n) is 7.99. The van der Waals surface area contributed by atoms with Crippen LogP contribution in [0.25, 0.3) is 0 Å². The van der Waals surface area contributed by atoms with Crippen LogP contribution in [0.1, 0.15) is 26.5 Å². The fourth-order valence-corrected chi connectivity index (χ4v) is 4.05. The average Bonchev–Trinajstić information content (AvgIpc) is 3.30. The van der Waals surface area contributed by atoms with Gasteiger partial charge in [-0.1, -0.05) is 17.4 Å². The summed E-state index contributed by atoms with van der Waals surface area (Å²) in [5.41, 5.74) is 7.14. The van der Waals surface area contributed by atoms with Crippen LogP contribution in [0.5, 0.6) is 0 Å². The maximum Gasteiger partial charge on any atom is 0.275 e. The number of nitrogens with one attached hydrogen (secondary N) is 1. The molecule has 0 atom stereocenters. The molecular formula is C18H17N5O2S2. The summed E-state index contributed by atoms with van der Waals surface area (Å²) >= 11 is 3.23. The smallest absolute Gasteiger partial charge is 0.275 e. The Balaban J connectivity index is 1.79. The first-order chi connectivity index (χ1) is 13.1. The van der Waals surface area contributed by atoms with Crippen molar-refractivity contribution in [3.05, 3.63) is 71.4 Å². The normalized spacial score (nSPS) is 10.5. The minimum Gasteiger partial charge on any atom is -0.366 e. The topological polar surface area (TPSA) is 103 Å². The largest absolute Gasteiger partial charge is 0.366 e. The van der Waals surface area contributed by atoms with Crippen molar-refractivity contribution in [2.45, 2.75) is 16.5 Å². The van der Waals surface area contributed by atoms with Crippen molar-refractivity contribution >= 4 is 40.6 Å². The molecule has 138 valence electrons. The number of carbonyl (C=O) groups excluding carboxylic acids is 2. The molecule has 0 aliphatic rings. The van der Waals surface area contributed by atoms with Crippen molar-refractivity contribution in [1.29, 1.82) is 0 Å². The van der Waals surface area contributed by atoms with Crippen LogP contribution in [0.4, 0.5) is 5.69 Å². The van der Waals surface area contributed by atoms with Crippen molar-refractivity contribution in [1.82, 2.24) is 15.0 Å². The minimum absolute atomic E-state index is 0.324. The van der Waals surface area contributed by atoms with Gasteiger partial charge in [0.1, 0.15) is 5.69 Å². The lowest BCUT2D eigenvalue weighted by Gasteiger charge is -2.08. The number of nitrogens with zero attached hydrogens (tertiary/aromatic N) is 3. The van der Waals surface area contributed by atoms with Crippen LogP contribution in [0.2, 0.25) is 0 Å². The molecule has 0 saturated heterocycles. The number of hydrogen-bond acceptors (Lipinski definition) is 6. The molecule has 3 aromatic rings. The first-order valence-corrected chi connectivity index (χ1v) is 9.86. The highest BCUT2D eigenvalue weighted by Gasteiger charge is 2.20. The minimum atomic E-state index is -0.519.